The number of hydrogen-bond acceptors (Lipinski definition) is 6. The van der Waals surface area contributed by atoms with E-state index in [1.54, 1.807) is 6.92 Å². The number of benzene rings is 1. The molecule has 0 spiro atoms. The van der Waals surface area contributed by atoms with Crippen molar-refractivity contribution in [3.8, 4) is 0 Å². The fourth-order valence-corrected chi connectivity index (χ4v) is 2.44. The van der Waals surface area contributed by atoms with Gasteiger partial charge in [0.25, 0.3) is 16.0 Å². The molecule has 8 nitrogen and oxygen atoms in total. The summed E-state index contributed by atoms with van der Waals surface area (Å²) in [5, 5.41) is 16.0. The van der Waals surface area contributed by atoms with Crippen LogP contribution < -0.4 is 4.72 Å². The van der Waals surface area contributed by atoms with E-state index in [4.69, 9.17) is 5.11 Å². The van der Waals surface area contributed by atoms with Crippen molar-refractivity contribution in [3.05, 3.63) is 41.7 Å². The van der Waals surface area contributed by atoms with Gasteiger partial charge in [0.05, 0.1) is 22.9 Å². The maximum absolute atomic E-state index is 12.1. The minimum Gasteiger partial charge on any atom is -0.478 e. The van der Waals surface area contributed by atoms with E-state index < -0.39 is 16.0 Å². The molecular weight excluding hydrogens is 284 g/mol. The van der Waals surface area contributed by atoms with Crippen molar-refractivity contribution in [2.75, 3.05) is 4.72 Å². The number of anilines is 1. The summed E-state index contributed by atoms with van der Waals surface area (Å²) in [4.78, 5) is 14.5. The number of nitrogens with zero attached hydrogens (tertiary/aromatic N) is 3. The van der Waals surface area contributed by atoms with Gasteiger partial charge >= 0.3 is 5.97 Å². The molecule has 1 heterocycles. The van der Waals surface area contributed by atoms with Crippen LogP contribution in [0.2, 0.25) is 0 Å². The number of aromatic carboxylic acids is 1. The minimum absolute atomic E-state index is 0.0834. The Bertz CT molecular complexity index is 746. The van der Waals surface area contributed by atoms with E-state index in [9.17, 15) is 13.2 Å². The number of aromatic nitrogens is 3. The lowest BCUT2D eigenvalue weighted by atomic mass is 10.1. The number of sulfonamides is 1. The number of rotatable bonds is 4. The van der Waals surface area contributed by atoms with Crippen molar-refractivity contribution < 1.29 is 18.3 Å². The Morgan fingerprint density at radius 1 is 1.30 bits per heavy atom. The predicted octanol–water partition coefficient (Wildman–Crippen LogP) is 0.679. The van der Waals surface area contributed by atoms with Gasteiger partial charge in [0.2, 0.25) is 0 Å². The molecule has 9 heteroatoms. The second kappa shape index (κ2) is 5.21. The van der Waals surface area contributed by atoms with Crippen LogP contribution in [0.3, 0.4) is 0 Å². The van der Waals surface area contributed by atoms with E-state index in [2.05, 4.69) is 19.9 Å². The van der Waals surface area contributed by atoms with Gasteiger partial charge in [-0.2, -0.15) is 5.10 Å². The summed E-state index contributed by atoms with van der Waals surface area (Å²) in [5.41, 5.74) is 0.383. The van der Waals surface area contributed by atoms with E-state index in [-0.39, 0.29) is 16.4 Å². The predicted molar refractivity (Wildman–Crippen MR) is 68.8 cm³/mol. The Morgan fingerprint density at radius 3 is 2.65 bits per heavy atom. The summed E-state index contributed by atoms with van der Waals surface area (Å²) in [6.45, 7) is 1.58. The SMILES string of the molecule is Cc1ccc(S(=O)(=O)Nc2nccnn2)cc1C(=O)O. The smallest absolute Gasteiger partial charge is 0.335 e. The molecule has 2 N–H and O–H groups in total. The van der Waals surface area contributed by atoms with Gasteiger partial charge in [0, 0.05) is 0 Å². The second-order valence-electron chi connectivity index (χ2n) is 3.85. The first-order valence-corrected chi connectivity index (χ1v) is 6.89. The van der Waals surface area contributed by atoms with Crippen LogP contribution in [0.1, 0.15) is 15.9 Å². The molecule has 0 aliphatic rings. The van der Waals surface area contributed by atoms with E-state index >= 15 is 0 Å². The van der Waals surface area contributed by atoms with Crippen LogP contribution in [-0.2, 0) is 10.0 Å². The molecular formula is C11H10N4O4S. The average molecular weight is 294 g/mol. The molecule has 2 aromatic rings. The number of carbonyl (C=O) groups is 1. The molecule has 0 aliphatic heterocycles. The number of hydrogen-bond donors (Lipinski definition) is 2. The lowest BCUT2D eigenvalue weighted by molar-refractivity contribution is 0.0696. The Hall–Kier alpha value is -2.55. The molecule has 0 saturated heterocycles. The van der Waals surface area contributed by atoms with Gasteiger partial charge in [-0.1, -0.05) is 6.07 Å². The lowest BCUT2D eigenvalue weighted by Crippen LogP contribution is -2.16. The van der Waals surface area contributed by atoms with Gasteiger partial charge < -0.3 is 5.11 Å². The number of carboxylic acids is 1. The highest BCUT2D eigenvalue weighted by atomic mass is 32.2. The molecule has 0 bridgehead atoms. The fraction of sp³-hybridized carbons (Fsp3) is 0.0909. The minimum atomic E-state index is -3.96. The largest absolute Gasteiger partial charge is 0.478 e. The molecule has 0 aliphatic carbocycles. The van der Waals surface area contributed by atoms with Crippen molar-refractivity contribution in [1.82, 2.24) is 15.2 Å². The van der Waals surface area contributed by atoms with Gasteiger partial charge in [0.15, 0.2) is 0 Å². The van der Waals surface area contributed by atoms with Crippen molar-refractivity contribution in [1.29, 1.82) is 0 Å². The number of carboxylic acid groups (broad SMARTS) is 1. The van der Waals surface area contributed by atoms with Gasteiger partial charge in [-0.05, 0) is 24.6 Å². The molecule has 0 amide bonds. The van der Waals surface area contributed by atoms with Crippen LogP contribution in [0, 0.1) is 6.92 Å². The zero-order chi connectivity index (χ0) is 14.8. The van der Waals surface area contributed by atoms with Gasteiger partial charge in [-0.3, -0.25) is 0 Å². The first kappa shape index (κ1) is 13.9. The van der Waals surface area contributed by atoms with E-state index in [0.717, 1.165) is 6.07 Å². The van der Waals surface area contributed by atoms with Gasteiger partial charge in [-0.25, -0.2) is 22.9 Å². The third-order valence-electron chi connectivity index (χ3n) is 2.46. The summed E-state index contributed by atoms with van der Waals surface area (Å²) < 4.78 is 26.3. The highest BCUT2D eigenvalue weighted by Gasteiger charge is 2.18. The molecule has 20 heavy (non-hydrogen) atoms. The summed E-state index contributed by atoms with van der Waals surface area (Å²) in [7, 11) is -3.96. The maximum atomic E-state index is 12.1. The summed E-state index contributed by atoms with van der Waals surface area (Å²) >= 11 is 0. The van der Waals surface area contributed by atoms with E-state index in [1.807, 2.05) is 0 Å². The lowest BCUT2D eigenvalue weighted by Gasteiger charge is -2.07. The summed E-state index contributed by atoms with van der Waals surface area (Å²) in [6, 6.07) is 3.80. The fourth-order valence-electron chi connectivity index (χ4n) is 1.47. The highest BCUT2D eigenvalue weighted by molar-refractivity contribution is 7.92. The first-order valence-electron chi connectivity index (χ1n) is 5.40. The number of nitrogens with one attached hydrogen (secondary N) is 1. The van der Waals surface area contributed by atoms with Crippen molar-refractivity contribution in [2.24, 2.45) is 0 Å². The van der Waals surface area contributed by atoms with Crippen LogP contribution in [0.4, 0.5) is 5.95 Å². The molecule has 0 saturated carbocycles. The topological polar surface area (TPSA) is 122 Å². The first-order chi connectivity index (χ1) is 9.40. The Morgan fingerprint density at radius 2 is 2.05 bits per heavy atom. The van der Waals surface area contributed by atoms with Crippen molar-refractivity contribution in [2.45, 2.75) is 11.8 Å². The normalized spacial score (nSPS) is 11.1. The third-order valence-corrected chi connectivity index (χ3v) is 3.78. The second-order valence-corrected chi connectivity index (χ2v) is 5.54. The quantitative estimate of drug-likeness (QED) is 0.850. The Labute approximate surface area is 114 Å². The van der Waals surface area contributed by atoms with Crippen molar-refractivity contribution >= 4 is 21.9 Å². The van der Waals surface area contributed by atoms with Crippen LogP contribution in [0.5, 0.6) is 0 Å². The highest BCUT2D eigenvalue weighted by Crippen LogP contribution is 2.17. The van der Waals surface area contributed by atoms with Gasteiger partial charge in [-0.15, -0.1) is 5.10 Å². The molecule has 104 valence electrons. The van der Waals surface area contributed by atoms with Crippen LogP contribution >= 0.6 is 0 Å². The van der Waals surface area contributed by atoms with Crippen LogP contribution in [0.15, 0.2) is 35.5 Å². The van der Waals surface area contributed by atoms with Crippen LogP contribution in [-0.4, -0.2) is 34.7 Å². The van der Waals surface area contributed by atoms with Crippen molar-refractivity contribution in [3.63, 3.8) is 0 Å². The molecule has 0 radical (unpaired) electrons. The molecule has 0 atom stereocenters. The Balaban J connectivity index is 2.40. The standard InChI is InChI=1S/C11H10N4O4S/c1-7-2-3-8(6-9(7)10(16)17)20(18,19)15-11-12-4-5-13-14-11/h2-6H,1H3,(H,16,17)(H,12,14,15). The molecule has 0 fully saturated rings. The summed E-state index contributed by atoms with van der Waals surface area (Å²) in [6.07, 6.45) is 2.58. The zero-order valence-corrected chi connectivity index (χ0v) is 11.1. The number of aryl methyl sites for hydroxylation is 1. The third kappa shape index (κ3) is 2.88. The summed E-state index contributed by atoms with van der Waals surface area (Å²) in [5.74, 6) is -1.39. The molecule has 1 aromatic heterocycles. The molecule has 0 unspecified atom stereocenters. The molecule has 2 rings (SSSR count). The Kier molecular flexibility index (Phi) is 3.61. The van der Waals surface area contributed by atoms with Crippen LogP contribution in [0.25, 0.3) is 0 Å². The average Bonchev–Trinajstić information content (AvgIpc) is 2.39. The van der Waals surface area contributed by atoms with E-state index in [0.29, 0.717) is 5.56 Å². The molecule has 1 aromatic carbocycles. The maximum Gasteiger partial charge on any atom is 0.335 e. The van der Waals surface area contributed by atoms with E-state index in [1.165, 1.54) is 24.5 Å². The monoisotopic (exact) mass is 294 g/mol. The zero-order valence-electron chi connectivity index (χ0n) is 10.3. The van der Waals surface area contributed by atoms with Gasteiger partial charge in [0.1, 0.15) is 0 Å².